The minimum Gasteiger partial charge on any atom is -0.309 e. The molecule has 0 spiro atoms. The summed E-state index contributed by atoms with van der Waals surface area (Å²) < 4.78 is 34.6. The van der Waals surface area contributed by atoms with Gasteiger partial charge in [0.1, 0.15) is 6.04 Å². The first kappa shape index (κ1) is 17.4. The number of fused-ring (bicyclic) bond motifs is 2. The molecule has 2 saturated heterocycles. The lowest BCUT2D eigenvalue weighted by Crippen LogP contribution is -2.54. The third-order valence-electron chi connectivity index (χ3n) is 3.73. The normalized spacial score (nSPS) is 23.9. The van der Waals surface area contributed by atoms with Crippen LogP contribution in [0.25, 0.3) is 0 Å². The van der Waals surface area contributed by atoms with Gasteiger partial charge in [-0.3, -0.25) is 24.6 Å². The quantitative estimate of drug-likeness (QED) is 0.484. The number of hydroxylamine groups is 2. The van der Waals surface area contributed by atoms with Crippen LogP contribution >= 0.6 is 0 Å². The van der Waals surface area contributed by atoms with Crippen LogP contribution in [0, 0.1) is 0 Å². The lowest BCUT2D eigenvalue weighted by molar-refractivity contribution is -0.143. The second kappa shape index (κ2) is 6.29. The SMILES string of the molecule is CCC(=O)NN(C)C(=O)[C@H]1CC[C@H]2CN1C(=O)N2OS(=O)(=O)O. The molecule has 2 heterocycles. The van der Waals surface area contributed by atoms with Crippen molar-refractivity contribution in [1.82, 2.24) is 20.4 Å². The van der Waals surface area contributed by atoms with Gasteiger partial charge in [0.05, 0.1) is 6.04 Å². The van der Waals surface area contributed by atoms with Gasteiger partial charge >= 0.3 is 16.4 Å². The molecular weight excluding hydrogens is 332 g/mol. The fourth-order valence-corrected chi connectivity index (χ4v) is 3.02. The summed E-state index contributed by atoms with van der Waals surface area (Å²) in [5.41, 5.74) is 2.38. The number of urea groups is 1. The number of amides is 4. The van der Waals surface area contributed by atoms with Crippen molar-refractivity contribution < 1.29 is 31.6 Å². The van der Waals surface area contributed by atoms with Crippen molar-refractivity contribution in [2.45, 2.75) is 38.3 Å². The Morgan fingerprint density at radius 1 is 1.43 bits per heavy atom. The van der Waals surface area contributed by atoms with Crippen molar-refractivity contribution in [3.05, 3.63) is 0 Å². The number of nitrogens with one attached hydrogen (secondary N) is 1. The van der Waals surface area contributed by atoms with E-state index < -0.39 is 34.4 Å². The molecule has 0 aromatic rings. The number of piperidine rings is 1. The molecule has 2 fully saturated rings. The van der Waals surface area contributed by atoms with Gasteiger partial charge in [-0.25, -0.2) is 4.79 Å². The van der Waals surface area contributed by atoms with Gasteiger partial charge in [-0.15, -0.1) is 4.28 Å². The molecule has 0 aromatic carbocycles. The van der Waals surface area contributed by atoms with Crippen molar-refractivity contribution in [2.24, 2.45) is 0 Å². The highest BCUT2D eigenvalue weighted by Crippen LogP contribution is 2.31. The van der Waals surface area contributed by atoms with Crippen molar-refractivity contribution in [3.63, 3.8) is 0 Å². The average Bonchev–Trinajstić information content (AvgIpc) is 2.70. The summed E-state index contributed by atoms with van der Waals surface area (Å²) in [6.07, 6.45) is 0.805. The molecule has 0 saturated carbocycles. The predicted octanol–water partition coefficient (Wildman–Crippen LogP) is -1.11. The summed E-state index contributed by atoms with van der Waals surface area (Å²) >= 11 is 0. The number of likely N-dealkylation sites (N-methyl/N-ethyl adjacent to an activating group) is 1. The Morgan fingerprint density at radius 2 is 2.09 bits per heavy atom. The maximum atomic E-state index is 12.4. The largest absolute Gasteiger partial charge is 0.418 e. The number of carbonyl (C=O) groups is 3. The summed E-state index contributed by atoms with van der Waals surface area (Å²) in [4.78, 5) is 37.0. The molecule has 23 heavy (non-hydrogen) atoms. The third-order valence-corrected chi connectivity index (χ3v) is 4.08. The maximum Gasteiger partial charge on any atom is 0.418 e. The number of nitrogens with zero attached hydrogens (tertiary/aromatic N) is 3. The van der Waals surface area contributed by atoms with Crippen LogP contribution in [0.1, 0.15) is 26.2 Å². The predicted molar refractivity (Wildman–Crippen MR) is 74.6 cm³/mol. The number of hydrogen-bond acceptors (Lipinski definition) is 6. The lowest BCUT2D eigenvalue weighted by Gasteiger charge is -2.32. The van der Waals surface area contributed by atoms with E-state index in [-0.39, 0.29) is 25.3 Å². The summed E-state index contributed by atoms with van der Waals surface area (Å²) in [5.74, 6) is -0.842. The lowest BCUT2D eigenvalue weighted by atomic mass is 10.0. The van der Waals surface area contributed by atoms with E-state index in [1.54, 1.807) is 6.92 Å². The minimum absolute atomic E-state index is 0.0975. The van der Waals surface area contributed by atoms with Crippen LogP contribution in [0.2, 0.25) is 0 Å². The first-order chi connectivity index (χ1) is 10.6. The first-order valence-corrected chi connectivity index (χ1v) is 8.34. The van der Waals surface area contributed by atoms with Gasteiger partial charge in [-0.2, -0.15) is 13.5 Å². The Morgan fingerprint density at radius 3 is 2.65 bits per heavy atom. The van der Waals surface area contributed by atoms with E-state index in [0.29, 0.717) is 11.5 Å². The van der Waals surface area contributed by atoms with Crippen LogP contribution in [-0.4, -0.2) is 71.5 Å². The van der Waals surface area contributed by atoms with Crippen LogP contribution in [0.15, 0.2) is 0 Å². The third kappa shape index (κ3) is 3.71. The van der Waals surface area contributed by atoms with Gasteiger partial charge in [0.15, 0.2) is 0 Å². The van der Waals surface area contributed by atoms with Crippen molar-refractivity contribution >= 4 is 28.2 Å². The van der Waals surface area contributed by atoms with E-state index in [1.165, 1.54) is 7.05 Å². The van der Waals surface area contributed by atoms with Crippen LogP contribution in [0.4, 0.5) is 4.79 Å². The summed E-state index contributed by atoms with van der Waals surface area (Å²) in [6.45, 7) is 1.73. The summed E-state index contributed by atoms with van der Waals surface area (Å²) in [6, 6.07) is -2.22. The number of carbonyl (C=O) groups excluding carboxylic acids is 3. The molecule has 4 amide bonds. The molecule has 0 radical (unpaired) electrons. The molecular formula is C11H18N4O7S. The van der Waals surface area contributed by atoms with E-state index in [1.807, 2.05) is 0 Å². The van der Waals surface area contributed by atoms with Gasteiger partial charge in [0, 0.05) is 20.0 Å². The van der Waals surface area contributed by atoms with Gasteiger partial charge in [0.2, 0.25) is 5.91 Å². The van der Waals surface area contributed by atoms with Crippen LogP contribution in [0.5, 0.6) is 0 Å². The smallest absolute Gasteiger partial charge is 0.309 e. The molecule has 0 unspecified atom stereocenters. The standard InChI is InChI=1S/C11H18N4O7S/c1-3-9(16)12-13(2)10(17)8-5-4-7-6-14(8)11(18)15(7)22-23(19,20)21/h7-8H,3-6H2,1-2H3,(H,12,16)(H,19,20,21)/t7-,8+/m0/s1. The molecule has 2 bridgehead atoms. The molecule has 11 nitrogen and oxygen atoms in total. The second-order valence-corrected chi connectivity index (χ2v) is 6.30. The summed E-state index contributed by atoms with van der Waals surface area (Å²) in [7, 11) is -3.46. The van der Waals surface area contributed by atoms with E-state index >= 15 is 0 Å². The monoisotopic (exact) mass is 350 g/mol. The zero-order valence-electron chi connectivity index (χ0n) is 12.6. The molecule has 2 aliphatic heterocycles. The topological polar surface area (TPSA) is 137 Å². The minimum atomic E-state index is -4.83. The van der Waals surface area contributed by atoms with E-state index in [2.05, 4.69) is 9.71 Å². The summed E-state index contributed by atoms with van der Waals surface area (Å²) in [5, 5.41) is 1.57. The van der Waals surface area contributed by atoms with Gasteiger partial charge in [-0.1, -0.05) is 6.92 Å². The molecule has 12 heteroatoms. The Labute approximate surface area is 133 Å². The highest BCUT2D eigenvalue weighted by Gasteiger charge is 2.49. The highest BCUT2D eigenvalue weighted by molar-refractivity contribution is 7.80. The Balaban J connectivity index is 2.09. The fraction of sp³-hybridized carbons (Fsp3) is 0.727. The number of rotatable bonds is 4. The van der Waals surface area contributed by atoms with E-state index in [9.17, 15) is 22.8 Å². The van der Waals surface area contributed by atoms with E-state index in [0.717, 1.165) is 9.91 Å². The van der Waals surface area contributed by atoms with Crippen molar-refractivity contribution in [1.29, 1.82) is 0 Å². The first-order valence-electron chi connectivity index (χ1n) is 6.98. The molecule has 2 atom stereocenters. The maximum absolute atomic E-state index is 12.4. The van der Waals surface area contributed by atoms with Crippen molar-refractivity contribution in [3.8, 4) is 0 Å². The second-order valence-electron chi connectivity index (χ2n) is 5.30. The van der Waals surface area contributed by atoms with E-state index in [4.69, 9.17) is 4.55 Å². The fourth-order valence-electron chi connectivity index (χ4n) is 2.63. The molecule has 2 rings (SSSR count). The van der Waals surface area contributed by atoms with Crippen LogP contribution < -0.4 is 5.43 Å². The van der Waals surface area contributed by atoms with Gasteiger partial charge < -0.3 is 4.90 Å². The average molecular weight is 350 g/mol. The molecule has 0 aliphatic carbocycles. The Bertz CT molecular complexity index is 622. The van der Waals surface area contributed by atoms with Gasteiger partial charge in [0.25, 0.3) is 5.91 Å². The number of hydrogen-bond donors (Lipinski definition) is 2. The van der Waals surface area contributed by atoms with Crippen LogP contribution in [0.3, 0.4) is 0 Å². The molecule has 2 aliphatic rings. The zero-order chi connectivity index (χ0) is 17.4. The highest BCUT2D eigenvalue weighted by atomic mass is 32.3. The number of hydrazine groups is 1. The zero-order valence-corrected chi connectivity index (χ0v) is 13.4. The molecule has 0 aromatic heterocycles. The Kier molecular flexibility index (Phi) is 4.77. The molecule has 130 valence electrons. The van der Waals surface area contributed by atoms with Gasteiger partial charge in [-0.05, 0) is 12.8 Å². The molecule has 2 N–H and O–H groups in total. The van der Waals surface area contributed by atoms with Crippen molar-refractivity contribution in [2.75, 3.05) is 13.6 Å². The van der Waals surface area contributed by atoms with Crippen LogP contribution in [-0.2, 0) is 24.3 Å². The Hall–Kier alpha value is -1.92.